The summed E-state index contributed by atoms with van der Waals surface area (Å²) in [5.41, 5.74) is 0.644. The maximum atomic E-state index is 12.1. The van der Waals surface area contributed by atoms with Gasteiger partial charge in [-0.2, -0.15) is 0 Å². The quantitative estimate of drug-likeness (QED) is 0.825. The van der Waals surface area contributed by atoms with Crippen LogP contribution in [0.15, 0.2) is 28.7 Å². The van der Waals surface area contributed by atoms with Crippen LogP contribution < -0.4 is 5.32 Å². The lowest BCUT2D eigenvalue weighted by Crippen LogP contribution is -2.30. The summed E-state index contributed by atoms with van der Waals surface area (Å²) in [4.78, 5) is 24.2. The van der Waals surface area contributed by atoms with E-state index in [0.29, 0.717) is 27.8 Å². The van der Waals surface area contributed by atoms with Gasteiger partial charge in [0.2, 0.25) is 0 Å². The van der Waals surface area contributed by atoms with Crippen LogP contribution in [0.5, 0.6) is 0 Å². The number of aryl methyl sites for hydroxylation is 2. The third kappa shape index (κ3) is 4.06. The van der Waals surface area contributed by atoms with Crippen molar-refractivity contribution in [1.29, 1.82) is 0 Å². The maximum Gasteiger partial charge on any atom is 0.342 e. The first-order valence-corrected chi connectivity index (χ1v) is 7.58. The topological polar surface area (TPSA) is 68.5 Å². The van der Waals surface area contributed by atoms with E-state index in [1.807, 2.05) is 0 Å². The monoisotopic (exact) mass is 355 g/mol. The largest absolute Gasteiger partial charge is 0.466 e. The molecule has 0 aliphatic heterocycles. The second-order valence-corrected chi connectivity index (χ2v) is 5.75. The molecule has 1 amide bonds. The molecule has 0 fully saturated rings. The van der Waals surface area contributed by atoms with Crippen molar-refractivity contribution in [2.24, 2.45) is 0 Å². The molecule has 0 spiro atoms. The molecule has 23 heavy (non-hydrogen) atoms. The molecule has 0 saturated carbocycles. The molecule has 2 aromatic rings. The molecule has 5 nitrogen and oxygen atoms in total. The van der Waals surface area contributed by atoms with E-state index >= 15 is 0 Å². The summed E-state index contributed by atoms with van der Waals surface area (Å²) in [6, 6.07) is 6.42. The highest BCUT2D eigenvalue weighted by Gasteiger charge is 2.22. The number of halogens is 2. The summed E-state index contributed by atoms with van der Waals surface area (Å²) in [5.74, 6) is -0.102. The normalized spacial score (nSPS) is 11.9. The number of amides is 1. The zero-order chi connectivity index (χ0) is 17.1. The molecule has 2 rings (SSSR count). The number of furan rings is 1. The molecule has 1 atom stereocenters. The van der Waals surface area contributed by atoms with Gasteiger partial charge in [0.05, 0.1) is 15.7 Å². The lowest BCUT2D eigenvalue weighted by molar-refractivity contribution is -0.123. The highest BCUT2D eigenvalue weighted by Crippen LogP contribution is 2.29. The van der Waals surface area contributed by atoms with Gasteiger partial charge in [-0.1, -0.05) is 29.3 Å². The summed E-state index contributed by atoms with van der Waals surface area (Å²) in [6.07, 6.45) is -1.01. The first-order chi connectivity index (χ1) is 10.8. The molecule has 1 heterocycles. The van der Waals surface area contributed by atoms with E-state index in [9.17, 15) is 9.59 Å². The molecule has 1 N–H and O–H groups in total. The average Bonchev–Trinajstić information content (AvgIpc) is 2.82. The summed E-state index contributed by atoms with van der Waals surface area (Å²) in [5, 5.41) is 3.11. The molecule has 1 aromatic carbocycles. The Hall–Kier alpha value is -1.98. The van der Waals surface area contributed by atoms with Gasteiger partial charge < -0.3 is 14.5 Å². The van der Waals surface area contributed by atoms with E-state index in [4.69, 9.17) is 32.4 Å². The smallest absolute Gasteiger partial charge is 0.342 e. The summed E-state index contributed by atoms with van der Waals surface area (Å²) < 4.78 is 10.4. The van der Waals surface area contributed by atoms with Crippen LogP contribution in [0.25, 0.3) is 0 Å². The highest BCUT2D eigenvalue weighted by molar-refractivity contribution is 6.44. The molecule has 0 saturated heterocycles. The lowest BCUT2D eigenvalue weighted by Gasteiger charge is -2.14. The molecule has 0 aliphatic carbocycles. The van der Waals surface area contributed by atoms with Gasteiger partial charge in [-0.3, -0.25) is 4.79 Å². The zero-order valence-electron chi connectivity index (χ0n) is 12.8. The number of ether oxygens (including phenoxy) is 1. The predicted molar refractivity (Wildman–Crippen MR) is 88.2 cm³/mol. The summed E-state index contributed by atoms with van der Waals surface area (Å²) in [6.45, 7) is 4.84. The van der Waals surface area contributed by atoms with Crippen LogP contribution in [0.2, 0.25) is 10.0 Å². The lowest BCUT2D eigenvalue weighted by atomic mass is 10.2. The minimum absolute atomic E-state index is 0.224. The van der Waals surface area contributed by atoms with Gasteiger partial charge in [-0.25, -0.2) is 4.79 Å². The van der Waals surface area contributed by atoms with Gasteiger partial charge in [0.15, 0.2) is 6.10 Å². The summed E-state index contributed by atoms with van der Waals surface area (Å²) >= 11 is 11.9. The molecule has 0 aliphatic rings. The second-order valence-electron chi connectivity index (χ2n) is 4.97. The van der Waals surface area contributed by atoms with Crippen LogP contribution in [0, 0.1) is 13.8 Å². The number of hydrogen-bond acceptors (Lipinski definition) is 4. The van der Waals surface area contributed by atoms with Crippen LogP contribution >= 0.6 is 23.2 Å². The summed E-state index contributed by atoms with van der Waals surface area (Å²) in [7, 11) is 0. The number of carbonyl (C=O) groups excluding carboxylic acids is 2. The van der Waals surface area contributed by atoms with Crippen LogP contribution in [-0.2, 0) is 9.53 Å². The third-order valence-corrected chi connectivity index (χ3v) is 3.94. The molecule has 1 aromatic heterocycles. The van der Waals surface area contributed by atoms with E-state index < -0.39 is 18.0 Å². The SMILES string of the molecule is Cc1cc(C(=O)OC(C)C(=O)Nc2cccc(Cl)c2Cl)c(C)o1. The fourth-order valence-corrected chi connectivity index (χ4v) is 2.29. The molecular formula is C16H15Cl2NO4. The maximum absolute atomic E-state index is 12.1. The Morgan fingerprint density at radius 3 is 2.57 bits per heavy atom. The third-order valence-electron chi connectivity index (χ3n) is 3.12. The van der Waals surface area contributed by atoms with Gasteiger partial charge in [0, 0.05) is 0 Å². The van der Waals surface area contributed by atoms with Crippen molar-refractivity contribution in [1.82, 2.24) is 0 Å². The first-order valence-electron chi connectivity index (χ1n) is 6.82. The van der Waals surface area contributed by atoms with Crippen LogP contribution in [0.4, 0.5) is 5.69 Å². The zero-order valence-corrected chi connectivity index (χ0v) is 14.3. The minimum atomic E-state index is -1.01. The standard InChI is InChI=1S/C16H15Cl2NO4/c1-8-7-11(9(2)22-8)16(21)23-10(3)15(20)19-13-6-4-5-12(17)14(13)18/h4-7,10H,1-3H3,(H,19,20). The van der Waals surface area contributed by atoms with Crippen LogP contribution in [0.1, 0.15) is 28.8 Å². The Balaban J connectivity index is 2.04. The van der Waals surface area contributed by atoms with Crippen molar-refractivity contribution < 1.29 is 18.7 Å². The Morgan fingerprint density at radius 1 is 1.26 bits per heavy atom. The Labute approximate surface area is 143 Å². The minimum Gasteiger partial charge on any atom is -0.466 e. The van der Waals surface area contributed by atoms with E-state index in [1.165, 1.54) is 6.92 Å². The number of esters is 1. The molecule has 0 radical (unpaired) electrons. The number of carbonyl (C=O) groups is 2. The highest BCUT2D eigenvalue weighted by atomic mass is 35.5. The van der Waals surface area contributed by atoms with E-state index in [-0.39, 0.29) is 5.02 Å². The van der Waals surface area contributed by atoms with E-state index in [0.717, 1.165) is 0 Å². The molecule has 1 unspecified atom stereocenters. The van der Waals surface area contributed by atoms with Crippen molar-refractivity contribution in [2.45, 2.75) is 26.9 Å². The first kappa shape index (κ1) is 17.4. The number of benzene rings is 1. The van der Waals surface area contributed by atoms with Gasteiger partial charge in [-0.05, 0) is 39.0 Å². The van der Waals surface area contributed by atoms with Gasteiger partial charge in [-0.15, -0.1) is 0 Å². The number of rotatable bonds is 4. The van der Waals surface area contributed by atoms with Crippen molar-refractivity contribution in [2.75, 3.05) is 5.32 Å². The number of nitrogens with one attached hydrogen (secondary N) is 1. The van der Waals surface area contributed by atoms with Gasteiger partial charge >= 0.3 is 5.97 Å². The molecule has 7 heteroatoms. The van der Waals surface area contributed by atoms with Crippen LogP contribution in [0.3, 0.4) is 0 Å². The van der Waals surface area contributed by atoms with Crippen molar-refractivity contribution in [3.05, 3.63) is 51.4 Å². The van der Waals surface area contributed by atoms with Crippen molar-refractivity contribution >= 4 is 40.8 Å². The van der Waals surface area contributed by atoms with Gasteiger partial charge in [0.1, 0.15) is 17.1 Å². The van der Waals surface area contributed by atoms with Crippen LogP contribution in [-0.4, -0.2) is 18.0 Å². The Bertz CT molecular complexity index is 755. The predicted octanol–water partition coefficient (Wildman–Crippen LogP) is 4.39. The Morgan fingerprint density at radius 2 is 1.96 bits per heavy atom. The van der Waals surface area contributed by atoms with Crippen molar-refractivity contribution in [3.63, 3.8) is 0 Å². The second kappa shape index (κ2) is 7.06. The van der Waals surface area contributed by atoms with E-state index in [1.54, 1.807) is 38.1 Å². The van der Waals surface area contributed by atoms with Crippen molar-refractivity contribution in [3.8, 4) is 0 Å². The molecule has 122 valence electrons. The molecule has 0 bridgehead atoms. The number of hydrogen-bond donors (Lipinski definition) is 1. The fraction of sp³-hybridized carbons (Fsp3) is 0.250. The number of anilines is 1. The van der Waals surface area contributed by atoms with Gasteiger partial charge in [0.25, 0.3) is 5.91 Å². The fourth-order valence-electron chi connectivity index (χ4n) is 1.95. The average molecular weight is 356 g/mol. The molecular weight excluding hydrogens is 341 g/mol. The van der Waals surface area contributed by atoms with E-state index in [2.05, 4.69) is 5.32 Å². The Kier molecular flexibility index (Phi) is 5.34.